The van der Waals surface area contributed by atoms with Crippen LogP contribution in [-0.2, 0) is 0 Å². The maximum atomic E-state index is 8.97. The van der Waals surface area contributed by atoms with E-state index in [1.54, 1.807) is 0 Å². The van der Waals surface area contributed by atoms with Crippen LogP contribution in [0.2, 0.25) is 5.02 Å². The van der Waals surface area contributed by atoms with Gasteiger partial charge in [0, 0.05) is 29.3 Å². The van der Waals surface area contributed by atoms with E-state index in [4.69, 9.17) is 16.9 Å². The molecule has 0 aliphatic carbocycles. The third kappa shape index (κ3) is 2.60. The second kappa shape index (κ2) is 5.17. The lowest BCUT2D eigenvalue weighted by Crippen LogP contribution is -2.63. The summed E-state index contributed by atoms with van der Waals surface area (Å²) in [6.07, 6.45) is 0.527. The number of hydrogen-bond acceptors (Lipinski definition) is 3. The Labute approximate surface area is 113 Å². The fourth-order valence-electron chi connectivity index (χ4n) is 2.65. The summed E-state index contributed by atoms with van der Waals surface area (Å²) in [6.45, 7) is 6.15. The Balaban J connectivity index is 2.34. The summed E-state index contributed by atoms with van der Waals surface area (Å²) in [5.41, 5.74) is 1.12. The van der Waals surface area contributed by atoms with E-state index in [-0.39, 0.29) is 11.6 Å². The summed E-state index contributed by atoms with van der Waals surface area (Å²) in [6, 6.07) is 10.3. The van der Waals surface area contributed by atoms with E-state index >= 15 is 0 Å². The first-order valence-electron chi connectivity index (χ1n) is 6.17. The second-order valence-electron chi connectivity index (χ2n) is 5.31. The second-order valence-corrected chi connectivity index (χ2v) is 5.74. The van der Waals surface area contributed by atoms with Crippen LogP contribution in [0.3, 0.4) is 0 Å². The quantitative estimate of drug-likeness (QED) is 0.892. The smallest absolute Gasteiger partial charge is 0.0643 e. The number of hydrogen-bond donors (Lipinski definition) is 1. The highest BCUT2D eigenvalue weighted by Crippen LogP contribution is 2.30. The van der Waals surface area contributed by atoms with Crippen LogP contribution in [0.5, 0.6) is 0 Å². The van der Waals surface area contributed by atoms with Gasteiger partial charge in [-0.3, -0.25) is 0 Å². The summed E-state index contributed by atoms with van der Waals surface area (Å²) >= 11 is 5.94. The number of rotatable bonds is 2. The molecule has 0 aromatic heterocycles. The molecular formula is C14H18ClN3. The van der Waals surface area contributed by atoms with Crippen molar-refractivity contribution in [1.82, 2.24) is 5.32 Å². The zero-order valence-corrected chi connectivity index (χ0v) is 11.5. The van der Waals surface area contributed by atoms with Crippen LogP contribution in [0.4, 0.5) is 5.69 Å². The molecule has 1 aliphatic heterocycles. The normalized spacial score (nSPS) is 22.6. The van der Waals surface area contributed by atoms with Crippen LogP contribution in [-0.4, -0.2) is 24.7 Å². The minimum atomic E-state index is -0.00635. The van der Waals surface area contributed by atoms with Crippen LogP contribution in [0.25, 0.3) is 0 Å². The van der Waals surface area contributed by atoms with E-state index in [9.17, 15) is 0 Å². The summed E-state index contributed by atoms with van der Waals surface area (Å²) < 4.78 is 0. The topological polar surface area (TPSA) is 39.1 Å². The Kier molecular flexibility index (Phi) is 3.79. The molecule has 1 fully saturated rings. The third-order valence-electron chi connectivity index (χ3n) is 3.39. The lowest BCUT2D eigenvalue weighted by molar-refractivity contribution is 0.324. The van der Waals surface area contributed by atoms with Gasteiger partial charge in [0.1, 0.15) is 0 Å². The van der Waals surface area contributed by atoms with Gasteiger partial charge in [-0.05, 0) is 38.1 Å². The first kappa shape index (κ1) is 13.2. The van der Waals surface area contributed by atoms with Gasteiger partial charge < -0.3 is 10.2 Å². The van der Waals surface area contributed by atoms with E-state index in [0.717, 1.165) is 23.8 Å². The van der Waals surface area contributed by atoms with E-state index in [1.807, 2.05) is 24.3 Å². The molecule has 0 spiro atoms. The lowest BCUT2D eigenvalue weighted by atomic mass is 9.94. The fourth-order valence-corrected chi connectivity index (χ4v) is 2.77. The maximum Gasteiger partial charge on any atom is 0.0643 e. The van der Waals surface area contributed by atoms with Gasteiger partial charge >= 0.3 is 0 Å². The Hall–Kier alpha value is -1.24. The van der Waals surface area contributed by atoms with Gasteiger partial charge in [0.2, 0.25) is 0 Å². The molecule has 0 radical (unpaired) electrons. The average Bonchev–Trinajstić information content (AvgIpc) is 2.31. The van der Waals surface area contributed by atoms with Crippen molar-refractivity contribution in [3.8, 4) is 6.07 Å². The van der Waals surface area contributed by atoms with Crippen molar-refractivity contribution in [3.05, 3.63) is 29.3 Å². The molecule has 3 nitrogen and oxygen atoms in total. The first-order valence-corrected chi connectivity index (χ1v) is 6.55. The van der Waals surface area contributed by atoms with Crippen molar-refractivity contribution in [2.45, 2.75) is 31.8 Å². The molecule has 0 amide bonds. The number of halogens is 1. The van der Waals surface area contributed by atoms with Crippen LogP contribution in [0.15, 0.2) is 24.3 Å². The number of anilines is 1. The fraction of sp³-hybridized carbons (Fsp3) is 0.500. The zero-order valence-electron chi connectivity index (χ0n) is 10.8. The molecule has 1 saturated heterocycles. The summed E-state index contributed by atoms with van der Waals surface area (Å²) in [5.74, 6) is 0. The third-order valence-corrected chi connectivity index (χ3v) is 3.64. The molecule has 0 bridgehead atoms. The monoisotopic (exact) mass is 263 g/mol. The molecule has 1 aliphatic rings. The summed E-state index contributed by atoms with van der Waals surface area (Å²) in [7, 11) is 0. The first-order chi connectivity index (χ1) is 8.54. The van der Waals surface area contributed by atoms with Gasteiger partial charge in [0.25, 0.3) is 0 Å². The van der Waals surface area contributed by atoms with Crippen molar-refractivity contribution in [1.29, 1.82) is 5.26 Å². The molecule has 1 N–H and O–H groups in total. The van der Waals surface area contributed by atoms with Gasteiger partial charge in [-0.1, -0.05) is 11.6 Å². The zero-order chi connectivity index (χ0) is 13.2. The van der Waals surface area contributed by atoms with Gasteiger partial charge in [0.15, 0.2) is 0 Å². The van der Waals surface area contributed by atoms with Gasteiger partial charge in [-0.15, -0.1) is 0 Å². The van der Waals surface area contributed by atoms with Crippen molar-refractivity contribution in [2.75, 3.05) is 18.0 Å². The highest BCUT2D eigenvalue weighted by atomic mass is 35.5. The van der Waals surface area contributed by atoms with Gasteiger partial charge in [-0.25, -0.2) is 0 Å². The van der Waals surface area contributed by atoms with E-state index in [2.05, 4.69) is 30.1 Å². The van der Waals surface area contributed by atoms with E-state index in [0.29, 0.717) is 6.42 Å². The van der Waals surface area contributed by atoms with Gasteiger partial charge in [-0.2, -0.15) is 5.26 Å². The molecule has 1 atom stereocenters. The molecule has 18 heavy (non-hydrogen) atoms. The lowest BCUT2D eigenvalue weighted by Gasteiger charge is -2.49. The minimum Gasteiger partial charge on any atom is -0.360 e. The molecule has 4 heteroatoms. The predicted molar refractivity (Wildman–Crippen MR) is 74.9 cm³/mol. The summed E-state index contributed by atoms with van der Waals surface area (Å²) in [5, 5.41) is 13.1. The highest BCUT2D eigenvalue weighted by molar-refractivity contribution is 6.30. The van der Waals surface area contributed by atoms with Crippen LogP contribution < -0.4 is 10.2 Å². The Morgan fingerprint density at radius 3 is 2.72 bits per heavy atom. The molecule has 96 valence electrons. The Morgan fingerprint density at radius 2 is 2.11 bits per heavy atom. The van der Waals surface area contributed by atoms with E-state index < -0.39 is 0 Å². The van der Waals surface area contributed by atoms with Crippen molar-refractivity contribution in [3.63, 3.8) is 0 Å². The molecule has 1 aromatic rings. The number of nitriles is 1. The predicted octanol–water partition coefficient (Wildman–Crippen LogP) is 2.81. The van der Waals surface area contributed by atoms with Crippen molar-refractivity contribution < 1.29 is 0 Å². The van der Waals surface area contributed by atoms with Gasteiger partial charge in [0.05, 0.1) is 18.5 Å². The number of piperazine rings is 1. The van der Waals surface area contributed by atoms with Crippen LogP contribution in [0, 0.1) is 11.3 Å². The summed E-state index contributed by atoms with van der Waals surface area (Å²) in [4.78, 5) is 2.34. The van der Waals surface area contributed by atoms with E-state index in [1.165, 1.54) is 0 Å². The number of nitrogens with zero attached hydrogens (tertiary/aromatic N) is 2. The standard InChI is InChI=1S/C14H18ClN3/c1-14(2)10-17-9-13(7-8-16)18(14)12-5-3-11(15)4-6-12/h3-6,13,17H,7,9-10H2,1-2H3. The molecule has 1 unspecified atom stereocenters. The Bertz CT molecular complexity index is 447. The molecule has 0 saturated carbocycles. The molecule has 1 aromatic carbocycles. The largest absolute Gasteiger partial charge is 0.360 e. The number of nitrogens with one attached hydrogen (secondary N) is 1. The molecular weight excluding hydrogens is 246 g/mol. The average molecular weight is 264 g/mol. The van der Waals surface area contributed by atoms with Crippen molar-refractivity contribution in [2.24, 2.45) is 0 Å². The SMILES string of the molecule is CC1(C)CNCC(CC#N)N1c1ccc(Cl)cc1. The Morgan fingerprint density at radius 1 is 1.44 bits per heavy atom. The molecule has 1 heterocycles. The van der Waals surface area contributed by atoms with Crippen LogP contribution in [0.1, 0.15) is 20.3 Å². The van der Waals surface area contributed by atoms with Crippen molar-refractivity contribution >= 4 is 17.3 Å². The minimum absolute atomic E-state index is 0.00635. The highest BCUT2D eigenvalue weighted by Gasteiger charge is 2.36. The van der Waals surface area contributed by atoms with Crippen LogP contribution >= 0.6 is 11.6 Å². The molecule has 2 rings (SSSR count). The number of benzene rings is 1. The maximum absolute atomic E-state index is 8.97.